The lowest BCUT2D eigenvalue weighted by Gasteiger charge is -2.30. The molecule has 2 aliphatic heterocycles. The number of aromatic nitrogens is 3. The molecule has 2 atom stereocenters. The zero-order valence-corrected chi connectivity index (χ0v) is 20.3. The molecular weight excluding hydrogens is 450 g/mol. The summed E-state index contributed by atoms with van der Waals surface area (Å²) in [7, 11) is 3.65. The maximum absolute atomic E-state index is 13.3. The van der Waals surface area contributed by atoms with Crippen molar-refractivity contribution in [1.29, 1.82) is 0 Å². The lowest BCUT2D eigenvalue weighted by atomic mass is 10.0. The maximum Gasteiger partial charge on any atom is 0.254 e. The van der Waals surface area contributed by atoms with Gasteiger partial charge < -0.3 is 29.2 Å². The van der Waals surface area contributed by atoms with Gasteiger partial charge in [-0.15, -0.1) is 11.3 Å². The predicted octanol–water partition coefficient (Wildman–Crippen LogP) is 3.79. The zero-order chi connectivity index (χ0) is 23.4. The third kappa shape index (κ3) is 3.41. The number of amides is 1. The van der Waals surface area contributed by atoms with Crippen LogP contribution in [0.4, 0.5) is 0 Å². The number of methoxy groups -OCH3 is 1. The number of aryl methyl sites for hydroxylation is 1. The molecule has 0 radical (unpaired) electrons. The molecule has 2 N–H and O–H groups in total. The summed E-state index contributed by atoms with van der Waals surface area (Å²) in [6, 6.07) is 8.40. The largest absolute Gasteiger partial charge is 0.494 e. The van der Waals surface area contributed by atoms with Crippen LogP contribution >= 0.6 is 11.3 Å². The number of likely N-dealkylation sites (tertiary alicyclic amines) is 1. The van der Waals surface area contributed by atoms with E-state index in [1.165, 1.54) is 10.2 Å². The van der Waals surface area contributed by atoms with Crippen LogP contribution in [-0.4, -0.2) is 64.4 Å². The van der Waals surface area contributed by atoms with Crippen molar-refractivity contribution >= 4 is 38.5 Å². The second-order valence-corrected chi connectivity index (χ2v) is 10.2. The van der Waals surface area contributed by atoms with E-state index in [0.29, 0.717) is 24.5 Å². The normalized spacial score (nSPS) is 21.1. The zero-order valence-electron chi connectivity index (χ0n) is 19.5. The Labute approximate surface area is 201 Å². The average molecular weight is 480 g/mol. The number of nitrogens with two attached hydrogens (primary N) is 1. The number of fused-ring (bicyclic) bond motifs is 2. The Morgan fingerprint density at radius 1 is 1.29 bits per heavy atom. The number of hydrogen-bond donors (Lipinski definition) is 1. The van der Waals surface area contributed by atoms with Gasteiger partial charge in [0.2, 0.25) is 0 Å². The van der Waals surface area contributed by atoms with Crippen LogP contribution in [-0.2, 0) is 11.8 Å². The van der Waals surface area contributed by atoms with Gasteiger partial charge in [-0.05, 0) is 48.9 Å². The van der Waals surface area contributed by atoms with Gasteiger partial charge in [-0.25, -0.2) is 4.98 Å². The molecule has 9 heteroatoms. The molecule has 2 saturated heterocycles. The number of rotatable bonds is 4. The van der Waals surface area contributed by atoms with Gasteiger partial charge in [0.1, 0.15) is 16.1 Å². The summed E-state index contributed by atoms with van der Waals surface area (Å²) in [4.78, 5) is 21.4. The van der Waals surface area contributed by atoms with Crippen molar-refractivity contribution in [2.45, 2.75) is 31.3 Å². The molecule has 0 spiro atoms. The lowest BCUT2D eigenvalue weighted by Crippen LogP contribution is -2.45. The fraction of sp³-hybridized carbons (Fsp3) is 0.440. The molecule has 1 amide bonds. The Kier molecular flexibility index (Phi) is 5.35. The molecule has 34 heavy (non-hydrogen) atoms. The van der Waals surface area contributed by atoms with Crippen molar-refractivity contribution in [3.8, 4) is 17.3 Å². The highest BCUT2D eigenvalue weighted by Crippen LogP contribution is 2.39. The van der Waals surface area contributed by atoms with E-state index in [2.05, 4.69) is 26.6 Å². The van der Waals surface area contributed by atoms with Gasteiger partial charge in [-0.2, -0.15) is 0 Å². The molecule has 2 fully saturated rings. The SMILES string of the molecule is COc1cc(C(=O)N2CCC[C@@H](N)C2)cc2nc(-c3cc4ccsc4n3C3CCOC3)n(C)c12. The van der Waals surface area contributed by atoms with E-state index in [-0.39, 0.29) is 18.0 Å². The summed E-state index contributed by atoms with van der Waals surface area (Å²) in [6.45, 7) is 2.80. The summed E-state index contributed by atoms with van der Waals surface area (Å²) in [5.74, 6) is 1.48. The first-order valence-electron chi connectivity index (χ1n) is 11.8. The standard InChI is InChI=1S/C25H29N5O3S/c1-28-22-19(10-16(12-21(22)32-2)24(31)29-7-3-4-17(26)13-29)27-23(28)20-11-15-6-9-34-25(15)30(20)18-5-8-33-14-18/h6,9-12,17-18H,3-5,7-8,13-14,26H2,1-2H3/t17-,18?/m1/s1. The third-order valence-corrected chi connectivity index (χ3v) is 8.02. The Balaban J connectivity index is 1.48. The fourth-order valence-corrected chi connectivity index (χ4v) is 6.37. The van der Waals surface area contributed by atoms with Crippen LogP contribution in [0.5, 0.6) is 5.75 Å². The summed E-state index contributed by atoms with van der Waals surface area (Å²) in [5, 5.41) is 3.34. The number of hydrogen-bond acceptors (Lipinski definition) is 6. The summed E-state index contributed by atoms with van der Waals surface area (Å²) in [6.07, 6.45) is 2.87. The Bertz CT molecular complexity index is 1380. The molecular formula is C25H29N5O3S. The van der Waals surface area contributed by atoms with Gasteiger partial charge in [0.05, 0.1) is 31.0 Å². The minimum Gasteiger partial charge on any atom is -0.494 e. The van der Waals surface area contributed by atoms with E-state index >= 15 is 0 Å². The molecule has 178 valence electrons. The molecule has 0 aliphatic carbocycles. The van der Waals surface area contributed by atoms with Crippen molar-refractivity contribution in [2.24, 2.45) is 12.8 Å². The predicted molar refractivity (Wildman–Crippen MR) is 134 cm³/mol. The molecule has 5 heterocycles. The summed E-state index contributed by atoms with van der Waals surface area (Å²) >= 11 is 1.74. The van der Waals surface area contributed by atoms with Crippen LogP contribution in [0.2, 0.25) is 0 Å². The van der Waals surface area contributed by atoms with E-state index in [9.17, 15) is 4.79 Å². The van der Waals surface area contributed by atoms with Crippen LogP contribution < -0.4 is 10.5 Å². The van der Waals surface area contributed by atoms with Crippen LogP contribution in [0.25, 0.3) is 32.8 Å². The second-order valence-electron chi connectivity index (χ2n) is 9.29. The van der Waals surface area contributed by atoms with Gasteiger partial charge in [-0.1, -0.05) is 0 Å². The highest BCUT2D eigenvalue weighted by atomic mass is 32.1. The van der Waals surface area contributed by atoms with Crippen molar-refractivity contribution in [2.75, 3.05) is 33.4 Å². The number of carbonyl (C=O) groups excluding carboxylic acids is 1. The quantitative estimate of drug-likeness (QED) is 0.481. The van der Waals surface area contributed by atoms with Crippen molar-refractivity contribution in [1.82, 2.24) is 19.0 Å². The van der Waals surface area contributed by atoms with E-state index in [1.807, 2.05) is 24.1 Å². The van der Waals surface area contributed by atoms with E-state index in [1.54, 1.807) is 18.4 Å². The average Bonchev–Trinajstić information content (AvgIpc) is 3.62. The molecule has 1 aromatic carbocycles. The van der Waals surface area contributed by atoms with E-state index < -0.39 is 0 Å². The highest BCUT2D eigenvalue weighted by molar-refractivity contribution is 7.16. The molecule has 0 saturated carbocycles. The van der Waals surface area contributed by atoms with Gasteiger partial charge in [0.15, 0.2) is 5.82 Å². The van der Waals surface area contributed by atoms with Crippen LogP contribution in [0.1, 0.15) is 35.7 Å². The number of carbonyl (C=O) groups is 1. The molecule has 2 aliphatic rings. The van der Waals surface area contributed by atoms with Gasteiger partial charge in [-0.3, -0.25) is 4.79 Å². The second kappa shape index (κ2) is 8.41. The van der Waals surface area contributed by atoms with Gasteiger partial charge >= 0.3 is 0 Å². The lowest BCUT2D eigenvalue weighted by molar-refractivity contribution is 0.0708. The third-order valence-electron chi connectivity index (χ3n) is 7.09. The number of nitrogens with zero attached hydrogens (tertiary/aromatic N) is 4. The number of thiophene rings is 1. The van der Waals surface area contributed by atoms with Gasteiger partial charge in [0.25, 0.3) is 5.91 Å². The Morgan fingerprint density at radius 3 is 2.94 bits per heavy atom. The summed E-state index contributed by atoms with van der Waals surface area (Å²) in [5.41, 5.74) is 9.40. The van der Waals surface area contributed by atoms with E-state index in [4.69, 9.17) is 20.2 Å². The highest BCUT2D eigenvalue weighted by Gasteiger charge is 2.28. The maximum atomic E-state index is 13.3. The molecule has 8 nitrogen and oxygen atoms in total. The van der Waals surface area contributed by atoms with Crippen LogP contribution in [0.3, 0.4) is 0 Å². The fourth-order valence-electron chi connectivity index (χ4n) is 5.40. The van der Waals surface area contributed by atoms with E-state index in [0.717, 1.165) is 55.0 Å². The van der Waals surface area contributed by atoms with Crippen molar-refractivity contribution in [3.05, 3.63) is 35.2 Å². The number of benzene rings is 1. The molecule has 6 rings (SSSR count). The Morgan fingerprint density at radius 2 is 2.18 bits per heavy atom. The first kappa shape index (κ1) is 21.6. The van der Waals surface area contributed by atoms with Crippen molar-refractivity contribution in [3.63, 3.8) is 0 Å². The molecule has 1 unspecified atom stereocenters. The first-order chi connectivity index (χ1) is 16.5. The smallest absolute Gasteiger partial charge is 0.254 e. The van der Waals surface area contributed by atoms with Crippen LogP contribution in [0, 0.1) is 0 Å². The molecule has 0 bridgehead atoms. The number of imidazole rings is 1. The minimum atomic E-state index is -0.0189. The minimum absolute atomic E-state index is 0.0189. The van der Waals surface area contributed by atoms with Crippen LogP contribution in [0.15, 0.2) is 29.6 Å². The first-order valence-corrected chi connectivity index (χ1v) is 12.7. The molecule has 4 aromatic rings. The number of piperidine rings is 1. The topological polar surface area (TPSA) is 87.5 Å². The summed E-state index contributed by atoms with van der Waals surface area (Å²) < 4.78 is 15.9. The molecule has 3 aromatic heterocycles. The number of ether oxygens (including phenoxy) is 2. The monoisotopic (exact) mass is 479 g/mol. The van der Waals surface area contributed by atoms with Gasteiger partial charge in [0, 0.05) is 43.7 Å². The Hall–Kier alpha value is -2.88. The van der Waals surface area contributed by atoms with Crippen molar-refractivity contribution < 1.29 is 14.3 Å².